The maximum Gasteiger partial charge on any atom is 0.136 e. The third-order valence-electron chi connectivity index (χ3n) is 8.38. The molecule has 3 nitrogen and oxygen atoms in total. The normalized spacial score (nSPS) is 12.6. The van der Waals surface area contributed by atoms with Crippen LogP contribution in [0.15, 0.2) is 114 Å². The molecule has 4 aromatic heterocycles. The number of pyridine rings is 1. The molecule has 4 heteroatoms. The van der Waals surface area contributed by atoms with E-state index in [1.54, 1.807) is 0 Å². The van der Waals surface area contributed by atoms with Crippen molar-refractivity contribution in [1.82, 2.24) is 9.55 Å². The minimum atomic E-state index is 0.892. The van der Waals surface area contributed by atoms with Crippen LogP contribution >= 0.6 is 11.3 Å². The summed E-state index contributed by atoms with van der Waals surface area (Å²) in [5, 5.41) is 11.4. The lowest BCUT2D eigenvalue weighted by molar-refractivity contribution is 0.669. The Balaban J connectivity index is 1.37. The van der Waals surface area contributed by atoms with Crippen LogP contribution in [-0.4, -0.2) is 9.55 Å². The predicted molar refractivity (Wildman–Crippen MR) is 165 cm³/mol. The molecule has 0 aliphatic carbocycles. The van der Waals surface area contributed by atoms with Gasteiger partial charge in [0.05, 0.1) is 16.6 Å². The molecule has 0 aliphatic heterocycles. The summed E-state index contributed by atoms with van der Waals surface area (Å²) >= 11 is 1.89. The van der Waals surface area contributed by atoms with E-state index in [4.69, 9.17) is 9.40 Å². The number of fused-ring (bicyclic) bond motifs is 9. The van der Waals surface area contributed by atoms with Crippen molar-refractivity contribution in [3.05, 3.63) is 109 Å². The molecule has 4 heterocycles. The monoisotopic (exact) mass is 514 g/mol. The van der Waals surface area contributed by atoms with Gasteiger partial charge in [0.15, 0.2) is 0 Å². The Hall–Kier alpha value is -4.93. The molecule has 180 valence electrons. The van der Waals surface area contributed by atoms with E-state index in [0.717, 1.165) is 49.6 Å². The first-order valence-corrected chi connectivity index (χ1v) is 13.9. The van der Waals surface area contributed by atoms with E-state index >= 15 is 0 Å². The summed E-state index contributed by atoms with van der Waals surface area (Å²) in [6.45, 7) is 0. The fourth-order valence-corrected chi connectivity index (χ4v) is 7.93. The van der Waals surface area contributed by atoms with Crippen molar-refractivity contribution >= 4 is 96.9 Å². The molecule has 0 saturated heterocycles. The average molecular weight is 515 g/mol. The Morgan fingerprint density at radius 1 is 0.538 bits per heavy atom. The number of benzene rings is 6. The molecule has 10 rings (SSSR count). The van der Waals surface area contributed by atoms with Gasteiger partial charge in [0.1, 0.15) is 11.2 Å². The lowest BCUT2D eigenvalue weighted by Gasteiger charge is -2.13. The Bertz CT molecular complexity index is 2620. The van der Waals surface area contributed by atoms with Crippen LogP contribution in [-0.2, 0) is 0 Å². The van der Waals surface area contributed by atoms with Crippen LogP contribution in [0, 0.1) is 0 Å². The first-order valence-electron chi connectivity index (χ1n) is 13.1. The lowest BCUT2D eigenvalue weighted by Crippen LogP contribution is -1.94. The Kier molecular flexibility index (Phi) is 3.57. The molecule has 0 amide bonds. The van der Waals surface area contributed by atoms with Crippen LogP contribution in [0.5, 0.6) is 0 Å². The maximum atomic E-state index is 6.25. The van der Waals surface area contributed by atoms with Crippen LogP contribution in [0.2, 0.25) is 0 Å². The van der Waals surface area contributed by atoms with Gasteiger partial charge in [-0.25, -0.2) is 0 Å². The number of rotatable bonds is 1. The van der Waals surface area contributed by atoms with Gasteiger partial charge in [-0.05, 0) is 76.1 Å². The number of furan rings is 1. The van der Waals surface area contributed by atoms with Gasteiger partial charge in [0.2, 0.25) is 0 Å². The molecule has 0 atom stereocenters. The van der Waals surface area contributed by atoms with Crippen LogP contribution in [0.25, 0.3) is 91.3 Å². The third-order valence-corrected chi connectivity index (χ3v) is 9.50. The summed E-state index contributed by atoms with van der Waals surface area (Å²) in [6, 6.07) is 37.3. The van der Waals surface area contributed by atoms with Gasteiger partial charge in [-0.15, -0.1) is 11.3 Å². The molecule has 0 spiro atoms. The van der Waals surface area contributed by atoms with E-state index in [9.17, 15) is 0 Å². The maximum absolute atomic E-state index is 6.25. The van der Waals surface area contributed by atoms with Crippen LogP contribution < -0.4 is 0 Å². The van der Waals surface area contributed by atoms with Crippen molar-refractivity contribution < 1.29 is 4.42 Å². The second kappa shape index (κ2) is 6.93. The van der Waals surface area contributed by atoms with Crippen molar-refractivity contribution in [2.75, 3.05) is 0 Å². The second-order valence-corrected chi connectivity index (χ2v) is 11.4. The van der Waals surface area contributed by atoms with Gasteiger partial charge >= 0.3 is 0 Å². The number of thiophene rings is 1. The van der Waals surface area contributed by atoms with Gasteiger partial charge in [0, 0.05) is 48.2 Å². The lowest BCUT2D eigenvalue weighted by atomic mass is 9.94. The topological polar surface area (TPSA) is 31.0 Å². The highest BCUT2D eigenvalue weighted by atomic mass is 32.1. The average Bonchev–Trinajstić information content (AvgIpc) is 3.65. The molecule has 39 heavy (non-hydrogen) atoms. The van der Waals surface area contributed by atoms with Crippen molar-refractivity contribution in [1.29, 1.82) is 0 Å². The minimum Gasteiger partial charge on any atom is -0.456 e. The molecule has 0 N–H and O–H groups in total. The van der Waals surface area contributed by atoms with Crippen LogP contribution in [0.4, 0.5) is 0 Å². The quantitative estimate of drug-likeness (QED) is 0.204. The molecule has 0 saturated carbocycles. The number of hydrogen-bond acceptors (Lipinski definition) is 3. The van der Waals surface area contributed by atoms with E-state index in [2.05, 4.69) is 89.5 Å². The van der Waals surface area contributed by atoms with E-state index in [1.165, 1.54) is 41.7 Å². The third kappa shape index (κ3) is 2.45. The summed E-state index contributed by atoms with van der Waals surface area (Å²) in [6.07, 6.45) is 1.88. The zero-order valence-corrected chi connectivity index (χ0v) is 21.4. The zero-order valence-electron chi connectivity index (χ0n) is 20.6. The zero-order chi connectivity index (χ0) is 25.2. The van der Waals surface area contributed by atoms with E-state index in [0.29, 0.717) is 0 Å². The van der Waals surface area contributed by atoms with Gasteiger partial charge in [0.25, 0.3) is 0 Å². The highest BCUT2D eigenvalue weighted by molar-refractivity contribution is 7.26. The van der Waals surface area contributed by atoms with Crippen LogP contribution in [0.1, 0.15) is 0 Å². The van der Waals surface area contributed by atoms with Gasteiger partial charge in [-0.2, -0.15) is 0 Å². The Morgan fingerprint density at radius 3 is 2.21 bits per heavy atom. The highest BCUT2D eigenvalue weighted by Gasteiger charge is 2.19. The minimum absolute atomic E-state index is 0.892. The van der Waals surface area contributed by atoms with Crippen molar-refractivity contribution in [3.8, 4) is 5.69 Å². The van der Waals surface area contributed by atoms with Crippen molar-refractivity contribution in [2.45, 2.75) is 0 Å². The SMILES string of the molecule is c1ccc2c(c1)oc1cc3c4ncccc4n(-c4ccc5c(c4)c4cccc6sc7cccc5c7c64)c3cc12. The molecule has 10 aromatic rings. The highest BCUT2D eigenvalue weighted by Crippen LogP contribution is 2.45. The fourth-order valence-electron chi connectivity index (χ4n) is 6.77. The van der Waals surface area contributed by atoms with Gasteiger partial charge in [-0.3, -0.25) is 4.98 Å². The predicted octanol–water partition coefficient (Wildman–Crippen LogP) is 10.2. The summed E-state index contributed by atoms with van der Waals surface area (Å²) in [4.78, 5) is 4.82. The van der Waals surface area contributed by atoms with Crippen LogP contribution in [0.3, 0.4) is 0 Å². The number of nitrogens with zero attached hydrogens (tertiary/aromatic N) is 2. The van der Waals surface area contributed by atoms with Gasteiger partial charge < -0.3 is 8.98 Å². The molecule has 0 fully saturated rings. The fraction of sp³-hybridized carbons (Fsp3) is 0. The van der Waals surface area contributed by atoms with Gasteiger partial charge in [-0.1, -0.05) is 48.5 Å². The van der Waals surface area contributed by atoms with E-state index < -0.39 is 0 Å². The molecule has 0 unspecified atom stereocenters. The number of para-hydroxylation sites is 1. The molecule has 0 bridgehead atoms. The standard InChI is InChI=1S/C35H18N2OS/c1-2-10-29-21(6-1)25-17-28-26(18-30(25)38-29)35-27(9-5-15-36-35)37(28)19-13-14-20-22-7-3-11-31-33(22)34-23(24(20)16-19)8-4-12-32(34)39-31/h1-18H. The smallest absolute Gasteiger partial charge is 0.136 e. The molecule has 0 aliphatic rings. The first-order chi connectivity index (χ1) is 19.3. The summed E-state index contributed by atoms with van der Waals surface area (Å²) in [7, 11) is 0. The molecular formula is C35H18N2OS. The van der Waals surface area contributed by atoms with Crippen molar-refractivity contribution in [2.24, 2.45) is 0 Å². The Labute approximate surface area is 225 Å². The summed E-state index contributed by atoms with van der Waals surface area (Å²) in [5.41, 5.74) is 6.15. The molecular weight excluding hydrogens is 496 g/mol. The molecule has 0 radical (unpaired) electrons. The number of aromatic nitrogens is 2. The first kappa shape index (κ1) is 20.1. The van der Waals surface area contributed by atoms with E-state index in [1.807, 2.05) is 35.7 Å². The van der Waals surface area contributed by atoms with Crippen molar-refractivity contribution in [3.63, 3.8) is 0 Å². The summed E-state index contributed by atoms with van der Waals surface area (Å²) < 4.78 is 11.3. The number of hydrogen-bond donors (Lipinski definition) is 0. The molecule has 6 aromatic carbocycles. The summed E-state index contributed by atoms with van der Waals surface area (Å²) in [5.74, 6) is 0. The Morgan fingerprint density at radius 2 is 1.33 bits per heavy atom. The largest absolute Gasteiger partial charge is 0.456 e. The van der Waals surface area contributed by atoms with E-state index in [-0.39, 0.29) is 0 Å². The second-order valence-electron chi connectivity index (χ2n) is 10.4.